The van der Waals surface area contributed by atoms with Gasteiger partial charge in [0.15, 0.2) is 0 Å². The molecule has 0 unspecified atom stereocenters. The summed E-state index contributed by atoms with van der Waals surface area (Å²) in [6.45, 7) is 10.1. The fourth-order valence-corrected chi connectivity index (χ4v) is 1.09. The van der Waals surface area contributed by atoms with E-state index in [0.717, 1.165) is 12.8 Å². The van der Waals surface area contributed by atoms with Crippen LogP contribution in [0.5, 0.6) is 0 Å². The SMILES string of the molecule is CC(C)(C)c1cnc[nH]1.CCCC(=O)O.CCCC(=O)O. The second-order valence-corrected chi connectivity index (χ2v) is 5.50. The molecule has 122 valence electrons. The summed E-state index contributed by atoms with van der Waals surface area (Å²) in [6.07, 6.45) is 5.62. The normalized spacial score (nSPS) is 9.76. The summed E-state index contributed by atoms with van der Waals surface area (Å²) in [5, 5.41) is 15.8. The van der Waals surface area contributed by atoms with Gasteiger partial charge in [0.1, 0.15) is 0 Å². The summed E-state index contributed by atoms with van der Waals surface area (Å²) in [6, 6.07) is 0. The molecule has 0 amide bonds. The Morgan fingerprint density at radius 2 is 1.52 bits per heavy atom. The highest BCUT2D eigenvalue weighted by molar-refractivity contribution is 5.66. The van der Waals surface area contributed by atoms with E-state index in [4.69, 9.17) is 10.2 Å². The number of aromatic nitrogens is 2. The molecule has 0 saturated heterocycles. The number of nitrogens with zero attached hydrogens (tertiary/aromatic N) is 1. The Kier molecular flexibility index (Phi) is 12.2. The van der Waals surface area contributed by atoms with Gasteiger partial charge in [0, 0.05) is 30.1 Å². The Balaban J connectivity index is 0. The molecular formula is C15H28N2O4. The highest BCUT2D eigenvalue weighted by Crippen LogP contribution is 2.17. The van der Waals surface area contributed by atoms with Gasteiger partial charge in [0.25, 0.3) is 0 Å². The van der Waals surface area contributed by atoms with Crippen LogP contribution in [0.1, 0.15) is 66.0 Å². The third-order valence-electron chi connectivity index (χ3n) is 2.23. The minimum absolute atomic E-state index is 0.205. The second kappa shape index (κ2) is 11.9. The van der Waals surface area contributed by atoms with Crippen molar-refractivity contribution < 1.29 is 19.8 Å². The van der Waals surface area contributed by atoms with Gasteiger partial charge in [0.05, 0.1) is 6.33 Å². The zero-order valence-electron chi connectivity index (χ0n) is 13.6. The molecule has 0 aliphatic heterocycles. The van der Waals surface area contributed by atoms with Gasteiger partial charge in [-0.3, -0.25) is 9.59 Å². The first-order valence-electron chi connectivity index (χ1n) is 7.07. The molecule has 1 aromatic heterocycles. The van der Waals surface area contributed by atoms with Gasteiger partial charge >= 0.3 is 11.9 Å². The highest BCUT2D eigenvalue weighted by Gasteiger charge is 2.13. The Bertz CT molecular complexity index is 365. The summed E-state index contributed by atoms with van der Waals surface area (Å²) in [5.41, 5.74) is 1.39. The van der Waals surface area contributed by atoms with Crippen molar-refractivity contribution in [1.29, 1.82) is 0 Å². The van der Waals surface area contributed by atoms with Crippen molar-refractivity contribution in [1.82, 2.24) is 9.97 Å². The number of carboxylic acid groups (broad SMARTS) is 2. The first-order valence-corrected chi connectivity index (χ1v) is 7.07. The lowest BCUT2D eigenvalue weighted by Crippen LogP contribution is -2.10. The maximum Gasteiger partial charge on any atom is 0.303 e. The van der Waals surface area contributed by atoms with Crippen molar-refractivity contribution in [3.63, 3.8) is 0 Å². The fourth-order valence-electron chi connectivity index (χ4n) is 1.09. The van der Waals surface area contributed by atoms with Crippen LogP contribution in [0.15, 0.2) is 12.5 Å². The van der Waals surface area contributed by atoms with Crippen molar-refractivity contribution in [2.75, 3.05) is 0 Å². The molecule has 21 heavy (non-hydrogen) atoms. The van der Waals surface area contributed by atoms with Gasteiger partial charge in [-0.05, 0) is 12.8 Å². The molecule has 0 bridgehead atoms. The highest BCUT2D eigenvalue weighted by atomic mass is 16.4. The van der Waals surface area contributed by atoms with Gasteiger partial charge in [-0.25, -0.2) is 4.98 Å². The lowest BCUT2D eigenvalue weighted by Gasteiger charge is -2.14. The van der Waals surface area contributed by atoms with Crippen LogP contribution < -0.4 is 0 Å². The standard InChI is InChI=1S/C7H12N2.2C4H8O2/c1-7(2,3)6-4-8-5-9-6;2*1-2-3-4(5)6/h4-5H,1-3H3,(H,8,9);2*2-3H2,1H3,(H,5,6). The van der Waals surface area contributed by atoms with Gasteiger partial charge in [0.2, 0.25) is 0 Å². The largest absolute Gasteiger partial charge is 0.481 e. The molecule has 0 aliphatic carbocycles. The monoisotopic (exact) mass is 300 g/mol. The van der Waals surface area contributed by atoms with Gasteiger partial charge in [-0.15, -0.1) is 0 Å². The van der Waals surface area contributed by atoms with E-state index in [-0.39, 0.29) is 5.41 Å². The Morgan fingerprint density at radius 1 is 1.10 bits per heavy atom. The van der Waals surface area contributed by atoms with Crippen LogP contribution in [-0.4, -0.2) is 32.1 Å². The molecule has 6 nitrogen and oxygen atoms in total. The molecule has 1 rings (SSSR count). The van der Waals surface area contributed by atoms with Crippen molar-refractivity contribution in [3.05, 3.63) is 18.2 Å². The lowest BCUT2D eigenvalue weighted by atomic mass is 9.93. The van der Waals surface area contributed by atoms with Crippen LogP contribution in [0.2, 0.25) is 0 Å². The molecule has 1 heterocycles. The molecule has 3 N–H and O–H groups in total. The summed E-state index contributed by atoms with van der Waals surface area (Å²) < 4.78 is 0. The number of H-pyrrole nitrogens is 1. The molecular weight excluding hydrogens is 272 g/mol. The second-order valence-electron chi connectivity index (χ2n) is 5.50. The molecule has 0 fully saturated rings. The van der Waals surface area contributed by atoms with Crippen molar-refractivity contribution >= 4 is 11.9 Å². The van der Waals surface area contributed by atoms with E-state index in [1.165, 1.54) is 5.69 Å². The summed E-state index contributed by atoms with van der Waals surface area (Å²) in [7, 11) is 0. The number of carbonyl (C=O) groups is 2. The Hall–Kier alpha value is -1.85. The Labute approximate surface area is 126 Å². The molecule has 6 heteroatoms. The van der Waals surface area contributed by atoms with Crippen LogP contribution in [0.3, 0.4) is 0 Å². The van der Waals surface area contributed by atoms with E-state index < -0.39 is 11.9 Å². The third kappa shape index (κ3) is 16.1. The Morgan fingerprint density at radius 3 is 1.62 bits per heavy atom. The fraction of sp³-hybridized carbons (Fsp3) is 0.667. The number of hydrogen-bond acceptors (Lipinski definition) is 3. The van der Waals surface area contributed by atoms with Crippen molar-refractivity contribution in [3.8, 4) is 0 Å². The van der Waals surface area contributed by atoms with Gasteiger partial charge in [-0.2, -0.15) is 0 Å². The quantitative estimate of drug-likeness (QED) is 0.790. The maximum absolute atomic E-state index is 9.60. The van der Waals surface area contributed by atoms with Crippen molar-refractivity contribution in [2.24, 2.45) is 0 Å². The number of hydrogen-bond donors (Lipinski definition) is 3. The maximum atomic E-state index is 9.60. The molecule has 0 saturated carbocycles. The van der Waals surface area contributed by atoms with E-state index >= 15 is 0 Å². The van der Waals surface area contributed by atoms with Gasteiger partial charge < -0.3 is 15.2 Å². The van der Waals surface area contributed by atoms with Crippen LogP contribution in [0, 0.1) is 0 Å². The number of imidazole rings is 1. The molecule has 0 radical (unpaired) electrons. The van der Waals surface area contributed by atoms with E-state index in [9.17, 15) is 9.59 Å². The molecule has 1 aromatic rings. The number of aliphatic carboxylic acids is 2. The van der Waals surface area contributed by atoms with Crippen LogP contribution in [-0.2, 0) is 15.0 Å². The molecule has 0 aromatic carbocycles. The van der Waals surface area contributed by atoms with Crippen molar-refractivity contribution in [2.45, 2.75) is 65.7 Å². The number of nitrogens with one attached hydrogen (secondary N) is 1. The smallest absolute Gasteiger partial charge is 0.303 e. The molecule has 0 spiro atoms. The first-order chi connectivity index (χ1) is 9.65. The average Bonchev–Trinajstić information content (AvgIpc) is 2.82. The van der Waals surface area contributed by atoms with E-state index in [1.54, 1.807) is 6.33 Å². The zero-order valence-corrected chi connectivity index (χ0v) is 13.6. The zero-order chi connectivity index (χ0) is 16.9. The minimum Gasteiger partial charge on any atom is -0.481 e. The third-order valence-corrected chi connectivity index (χ3v) is 2.23. The van der Waals surface area contributed by atoms with E-state index in [0.29, 0.717) is 12.8 Å². The summed E-state index contributed by atoms with van der Waals surface area (Å²) in [5.74, 6) is -1.42. The molecule has 0 aliphatic rings. The van der Waals surface area contributed by atoms with E-state index in [2.05, 4.69) is 30.7 Å². The van der Waals surface area contributed by atoms with Crippen LogP contribution in [0.4, 0.5) is 0 Å². The average molecular weight is 300 g/mol. The van der Waals surface area contributed by atoms with Gasteiger partial charge in [-0.1, -0.05) is 34.6 Å². The predicted molar refractivity (Wildman–Crippen MR) is 82.4 cm³/mol. The van der Waals surface area contributed by atoms with Crippen LogP contribution >= 0.6 is 0 Å². The first kappa shape index (κ1) is 21.4. The number of carboxylic acids is 2. The van der Waals surface area contributed by atoms with Crippen LogP contribution in [0.25, 0.3) is 0 Å². The summed E-state index contributed by atoms with van der Waals surface area (Å²) in [4.78, 5) is 26.2. The topological polar surface area (TPSA) is 103 Å². The number of aromatic amines is 1. The van der Waals surface area contributed by atoms with E-state index in [1.807, 2.05) is 20.0 Å². The molecule has 0 atom stereocenters. The summed E-state index contributed by atoms with van der Waals surface area (Å²) >= 11 is 0. The lowest BCUT2D eigenvalue weighted by molar-refractivity contribution is -0.138. The predicted octanol–water partition coefficient (Wildman–Crippen LogP) is 3.45. The number of rotatable bonds is 4. The minimum atomic E-state index is -0.711.